The molecule has 0 aromatic heterocycles. The molecule has 2 saturated heterocycles. The van der Waals surface area contributed by atoms with Gasteiger partial charge in [-0.25, -0.2) is 13.6 Å². The summed E-state index contributed by atoms with van der Waals surface area (Å²) < 4.78 is 27.0. The zero-order valence-corrected chi connectivity index (χ0v) is 17.7. The summed E-state index contributed by atoms with van der Waals surface area (Å²) in [5.74, 6) is -1.78. The largest absolute Gasteiger partial charge is 0.351 e. The smallest absolute Gasteiger partial charge is 0.314 e. The van der Waals surface area contributed by atoms with Crippen molar-refractivity contribution in [2.24, 2.45) is 11.7 Å². The third-order valence-electron chi connectivity index (χ3n) is 7.16. The Morgan fingerprint density at radius 2 is 1.81 bits per heavy atom. The zero-order valence-electron chi connectivity index (χ0n) is 17.7. The van der Waals surface area contributed by atoms with E-state index in [1.54, 1.807) is 4.90 Å². The molecule has 4 rings (SSSR count). The molecule has 9 heteroatoms. The summed E-state index contributed by atoms with van der Waals surface area (Å²) in [5, 5.41) is 0. The molecule has 31 heavy (non-hydrogen) atoms. The maximum atomic E-state index is 13.7. The van der Waals surface area contributed by atoms with Crippen LogP contribution in [0.4, 0.5) is 13.6 Å². The highest BCUT2D eigenvalue weighted by Crippen LogP contribution is 2.38. The first-order valence-corrected chi connectivity index (χ1v) is 10.8. The molecule has 7 nitrogen and oxygen atoms in total. The van der Waals surface area contributed by atoms with E-state index in [2.05, 4.69) is 6.92 Å². The standard InChI is InChI=1S/C22H28F2N4O3/c1-2-14-3-6-16(7-4-14)27-11-19(29)28(10-15-5-8-17(23)18(24)9-15)22(20(27)30)12-26(13-22)21(25)31/h5,8-9,14,16H,2-4,6-7,10-13H2,1H3,(H2,25,31). The van der Waals surface area contributed by atoms with Gasteiger partial charge >= 0.3 is 6.03 Å². The van der Waals surface area contributed by atoms with E-state index in [1.165, 1.54) is 15.9 Å². The Kier molecular flexibility index (Phi) is 5.61. The lowest BCUT2D eigenvalue weighted by molar-refractivity contribution is -0.179. The van der Waals surface area contributed by atoms with Crippen molar-refractivity contribution in [3.63, 3.8) is 0 Å². The summed E-state index contributed by atoms with van der Waals surface area (Å²) in [6, 6.07) is 2.78. The number of carbonyl (C=O) groups excluding carboxylic acids is 3. The average Bonchev–Trinajstić information content (AvgIpc) is 2.72. The first kappa shape index (κ1) is 21.5. The summed E-state index contributed by atoms with van der Waals surface area (Å²) in [5.41, 5.74) is 4.55. The average molecular weight is 434 g/mol. The Morgan fingerprint density at radius 3 is 2.39 bits per heavy atom. The maximum Gasteiger partial charge on any atom is 0.314 e. The minimum absolute atomic E-state index is 0.00386. The van der Waals surface area contributed by atoms with Gasteiger partial charge < -0.3 is 20.4 Å². The van der Waals surface area contributed by atoms with E-state index >= 15 is 0 Å². The number of amides is 4. The second-order valence-corrected chi connectivity index (χ2v) is 8.97. The van der Waals surface area contributed by atoms with Crippen molar-refractivity contribution in [2.45, 2.75) is 57.2 Å². The Labute approximate surface area is 180 Å². The Balaban J connectivity index is 1.59. The molecule has 1 spiro atoms. The first-order chi connectivity index (χ1) is 14.7. The highest BCUT2D eigenvalue weighted by molar-refractivity contribution is 6.00. The Hall–Kier alpha value is -2.71. The monoisotopic (exact) mass is 434 g/mol. The van der Waals surface area contributed by atoms with Gasteiger partial charge in [-0.05, 0) is 49.3 Å². The van der Waals surface area contributed by atoms with Gasteiger partial charge in [-0.15, -0.1) is 0 Å². The molecule has 3 fully saturated rings. The van der Waals surface area contributed by atoms with Crippen molar-refractivity contribution in [3.8, 4) is 0 Å². The number of nitrogens with two attached hydrogens (primary N) is 1. The number of carbonyl (C=O) groups is 3. The van der Waals surface area contributed by atoms with Crippen LogP contribution in [0.15, 0.2) is 18.2 Å². The van der Waals surface area contributed by atoms with Gasteiger partial charge in [0.25, 0.3) is 5.91 Å². The van der Waals surface area contributed by atoms with Crippen LogP contribution < -0.4 is 5.73 Å². The van der Waals surface area contributed by atoms with Gasteiger partial charge in [0.2, 0.25) is 5.91 Å². The number of benzene rings is 1. The fraction of sp³-hybridized carbons (Fsp3) is 0.591. The SMILES string of the molecule is CCC1CCC(N2CC(=O)N(Cc3ccc(F)c(F)c3)C3(CN(C(N)=O)C3)C2=O)CC1. The number of hydrogen-bond donors (Lipinski definition) is 1. The van der Waals surface area contributed by atoms with Crippen molar-refractivity contribution in [3.05, 3.63) is 35.4 Å². The number of nitrogens with zero attached hydrogens (tertiary/aromatic N) is 3. The van der Waals surface area contributed by atoms with Crippen LogP contribution in [0.25, 0.3) is 0 Å². The van der Waals surface area contributed by atoms with Crippen LogP contribution in [0.2, 0.25) is 0 Å². The van der Waals surface area contributed by atoms with Gasteiger partial charge in [-0.1, -0.05) is 19.4 Å². The third-order valence-corrected chi connectivity index (χ3v) is 7.16. The van der Waals surface area contributed by atoms with E-state index in [1.807, 2.05) is 0 Å². The van der Waals surface area contributed by atoms with E-state index in [-0.39, 0.29) is 44.0 Å². The lowest BCUT2D eigenvalue weighted by Gasteiger charge is -2.58. The van der Waals surface area contributed by atoms with Gasteiger partial charge in [-0.3, -0.25) is 9.59 Å². The summed E-state index contributed by atoms with van der Waals surface area (Å²) in [4.78, 5) is 42.8. The van der Waals surface area contributed by atoms with Crippen molar-refractivity contribution in [2.75, 3.05) is 19.6 Å². The predicted octanol–water partition coefficient (Wildman–Crippen LogP) is 2.24. The van der Waals surface area contributed by atoms with Gasteiger partial charge in [0.15, 0.2) is 17.2 Å². The predicted molar refractivity (Wildman–Crippen MR) is 109 cm³/mol. The highest BCUT2D eigenvalue weighted by Gasteiger charge is 2.61. The summed E-state index contributed by atoms with van der Waals surface area (Å²) >= 11 is 0. The summed E-state index contributed by atoms with van der Waals surface area (Å²) in [6.45, 7) is 2.11. The zero-order chi connectivity index (χ0) is 22.3. The second-order valence-electron chi connectivity index (χ2n) is 8.97. The summed E-state index contributed by atoms with van der Waals surface area (Å²) in [7, 11) is 0. The molecular weight excluding hydrogens is 406 g/mol. The molecule has 2 aliphatic heterocycles. The van der Waals surface area contributed by atoms with E-state index in [0.29, 0.717) is 11.5 Å². The van der Waals surface area contributed by atoms with E-state index in [0.717, 1.165) is 44.2 Å². The van der Waals surface area contributed by atoms with E-state index in [4.69, 9.17) is 5.73 Å². The van der Waals surface area contributed by atoms with Crippen molar-refractivity contribution in [1.82, 2.24) is 14.7 Å². The number of likely N-dealkylation sites (tertiary alicyclic amines) is 1. The number of hydrogen-bond acceptors (Lipinski definition) is 3. The fourth-order valence-corrected chi connectivity index (χ4v) is 5.19. The minimum Gasteiger partial charge on any atom is -0.351 e. The van der Waals surface area contributed by atoms with Crippen LogP contribution in [0.3, 0.4) is 0 Å². The molecule has 2 heterocycles. The minimum atomic E-state index is -1.21. The molecule has 4 amide bonds. The third kappa shape index (κ3) is 3.74. The Bertz CT molecular complexity index is 895. The number of primary amides is 1. The normalized spacial score (nSPS) is 25.7. The molecule has 2 N–H and O–H groups in total. The van der Waals surface area contributed by atoms with Crippen LogP contribution in [0.5, 0.6) is 0 Å². The molecule has 0 atom stereocenters. The topological polar surface area (TPSA) is 86.9 Å². The summed E-state index contributed by atoms with van der Waals surface area (Å²) in [6.07, 6.45) is 4.88. The number of urea groups is 1. The molecular formula is C22H28F2N4O3. The van der Waals surface area contributed by atoms with Gasteiger partial charge in [-0.2, -0.15) is 0 Å². The Morgan fingerprint density at radius 1 is 1.13 bits per heavy atom. The van der Waals surface area contributed by atoms with Crippen molar-refractivity contribution >= 4 is 17.8 Å². The van der Waals surface area contributed by atoms with Gasteiger partial charge in [0.05, 0.1) is 13.1 Å². The molecule has 3 aliphatic rings. The van der Waals surface area contributed by atoms with E-state index in [9.17, 15) is 23.2 Å². The maximum absolute atomic E-state index is 13.7. The first-order valence-electron chi connectivity index (χ1n) is 10.8. The molecule has 1 saturated carbocycles. The lowest BCUT2D eigenvalue weighted by Crippen LogP contribution is -2.82. The second kappa shape index (κ2) is 8.09. The van der Waals surface area contributed by atoms with Gasteiger partial charge in [0, 0.05) is 12.6 Å². The number of halogens is 2. The van der Waals surface area contributed by atoms with Crippen LogP contribution in [0, 0.1) is 17.6 Å². The molecule has 168 valence electrons. The molecule has 1 aliphatic carbocycles. The van der Waals surface area contributed by atoms with Gasteiger partial charge in [0.1, 0.15) is 6.54 Å². The van der Waals surface area contributed by atoms with Crippen LogP contribution in [-0.4, -0.2) is 63.8 Å². The highest BCUT2D eigenvalue weighted by atomic mass is 19.2. The van der Waals surface area contributed by atoms with Crippen molar-refractivity contribution < 1.29 is 23.2 Å². The lowest BCUT2D eigenvalue weighted by atomic mass is 9.80. The van der Waals surface area contributed by atoms with Crippen molar-refractivity contribution in [1.29, 1.82) is 0 Å². The van der Waals surface area contributed by atoms with E-state index < -0.39 is 23.2 Å². The molecule has 0 radical (unpaired) electrons. The molecule has 1 aromatic rings. The molecule has 0 bridgehead atoms. The molecule has 0 unspecified atom stereocenters. The number of rotatable bonds is 4. The number of piperazine rings is 1. The van der Waals surface area contributed by atoms with Crippen LogP contribution in [0.1, 0.15) is 44.6 Å². The van der Waals surface area contributed by atoms with Crippen LogP contribution >= 0.6 is 0 Å². The molecule has 1 aromatic carbocycles. The fourth-order valence-electron chi connectivity index (χ4n) is 5.19. The van der Waals surface area contributed by atoms with Crippen LogP contribution in [-0.2, 0) is 16.1 Å². The quantitative estimate of drug-likeness (QED) is 0.789.